The lowest BCUT2D eigenvalue weighted by Crippen LogP contribution is -2.42. The van der Waals surface area contributed by atoms with Crippen LogP contribution in [0.1, 0.15) is 44.1 Å². The SMILES string of the molecule is c1cncc(CN2CCO[C@H](CC3CCCCC3)C2)c1. The van der Waals surface area contributed by atoms with Crippen molar-refractivity contribution >= 4 is 0 Å². The van der Waals surface area contributed by atoms with Crippen molar-refractivity contribution in [2.24, 2.45) is 5.92 Å². The van der Waals surface area contributed by atoms with Crippen LogP contribution in [-0.4, -0.2) is 35.7 Å². The number of rotatable bonds is 4. The molecule has 0 aromatic carbocycles. The van der Waals surface area contributed by atoms with E-state index >= 15 is 0 Å². The summed E-state index contributed by atoms with van der Waals surface area (Å²) in [7, 11) is 0. The third-order valence-corrected chi connectivity index (χ3v) is 4.67. The van der Waals surface area contributed by atoms with Gasteiger partial charge in [-0.1, -0.05) is 38.2 Å². The average molecular weight is 274 g/mol. The van der Waals surface area contributed by atoms with Gasteiger partial charge in [0.1, 0.15) is 0 Å². The Balaban J connectivity index is 1.48. The number of hydrogen-bond acceptors (Lipinski definition) is 3. The monoisotopic (exact) mass is 274 g/mol. The first-order valence-electron chi connectivity index (χ1n) is 8.13. The van der Waals surface area contributed by atoms with Crippen molar-refractivity contribution in [2.75, 3.05) is 19.7 Å². The minimum absolute atomic E-state index is 0.448. The number of aromatic nitrogens is 1. The molecule has 0 spiro atoms. The predicted molar refractivity (Wildman–Crippen MR) is 80.4 cm³/mol. The molecule has 0 radical (unpaired) electrons. The Morgan fingerprint density at radius 1 is 1.25 bits per heavy atom. The maximum Gasteiger partial charge on any atom is 0.0705 e. The van der Waals surface area contributed by atoms with Crippen LogP contribution in [0.15, 0.2) is 24.5 Å². The second kappa shape index (κ2) is 7.19. The highest BCUT2D eigenvalue weighted by Crippen LogP contribution is 2.29. The summed E-state index contributed by atoms with van der Waals surface area (Å²) in [5.74, 6) is 0.909. The fourth-order valence-corrected chi connectivity index (χ4v) is 3.61. The van der Waals surface area contributed by atoms with Crippen molar-refractivity contribution in [1.82, 2.24) is 9.88 Å². The molecule has 1 aliphatic heterocycles. The van der Waals surface area contributed by atoms with Gasteiger partial charge in [0, 0.05) is 32.0 Å². The third kappa shape index (κ3) is 4.03. The van der Waals surface area contributed by atoms with Crippen molar-refractivity contribution in [3.05, 3.63) is 30.1 Å². The Hall–Kier alpha value is -0.930. The molecule has 3 rings (SSSR count). The molecule has 0 bridgehead atoms. The second-order valence-electron chi connectivity index (χ2n) is 6.33. The highest BCUT2D eigenvalue weighted by atomic mass is 16.5. The summed E-state index contributed by atoms with van der Waals surface area (Å²) in [6, 6.07) is 4.19. The summed E-state index contributed by atoms with van der Waals surface area (Å²) in [6.07, 6.45) is 12.7. The van der Waals surface area contributed by atoms with Gasteiger partial charge in [-0.15, -0.1) is 0 Å². The zero-order valence-corrected chi connectivity index (χ0v) is 12.3. The Labute approximate surface area is 122 Å². The summed E-state index contributed by atoms with van der Waals surface area (Å²) >= 11 is 0. The smallest absolute Gasteiger partial charge is 0.0705 e. The molecule has 0 unspecified atom stereocenters. The maximum atomic E-state index is 5.99. The molecule has 20 heavy (non-hydrogen) atoms. The molecule has 110 valence electrons. The molecule has 1 atom stereocenters. The van der Waals surface area contributed by atoms with Crippen LogP contribution in [0, 0.1) is 5.92 Å². The fraction of sp³-hybridized carbons (Fsp3) is 0.706. The average Bonchev–Trinajstić information content (AvgIpc) is 2.50. The summed E-state index contributed by atoms with van der Waals surface area (Å²) in [4.78, 5) is 6.73. The lowest BCUT2D eigenvalue weighted by Gasteiger charge is -2.35. The van der Waals surface area contributed by atoms with Gasteiger partial charge in [-0.25, -0.2) is 0 Å². The van der Waals surface area contributed by atoms with Crippen LogP contribution in [0.3, 0.4) is 0 Å². The molecule has 3 nitrogen and oxygen atoms in total. The highest BCUT2D eigenvalue weighted by Gasteiger charge is 2.24. The summed E-state index contributed by atoms with van der Waals surface area (Å²) in [6.45, 7) is 4.04. The molecule has 2 fully saturated rings. The largest absolute Gasteiger partial charge is 0.376 e. The molecule has 3 heteroatoms. The molecular formula is C17H26N2O. The van der Waals surface area contributed by atoms with Crippen LogP contribution >= 0.6 is 0 Å². The van der Waals surface area contributed by atoms with Crippen LogP contribution < -0.4 is 0 Å². The maximum absolute atomic E-state index is 5.99. The highest BCUT2D eigenvalue weighted by molar-refractivity contribution is 5.08. The van der Waals surface area contributed by atoms with Gasteiger partial charge in [-0.3, -0.25) is 9.88 Å². The van der Waals surface area contributed by atoms with Crippen molar-refractivity contribution in [3.63, 3.8) is 0 Å². The van der Waals surface area contributed by atoms with Gasteiger partial charge >= 0.3 is 0 Å². The lowest BCUT2D eigenvalue weighted by molar-refractivity contribution is -0.0439. The van der Waals surface area contributed by atoms with Crippen molar-refractivity contribution in [1.29, 1.82) is 0 Å². The zero-order chi connectivity index (χ0) is 13.6. The van der Waals surface area contributed by atoms with Crippen molar-refractivity contribution in [3.8, 4) is 0 Å². The molecule has 1 saturated heterocycles. The second-order valence-corrected chi connectivity index (χ2v) is 6.33. The Morgan fingerprint density at radius 2 is 2.15 bits per heavy atom. The van der Waals surface area contributed by atoms with Gasteiger partial charge in [0.25, 0.3) is 0 Å². The Kier molecular flexibility index (Phi) is 5.04. The van der Waals surface area contributed by atoms with E-state index in [9.17, 15) is 0 Å². The van der Waals surface area contributed by atoms with Gasteiger partial charge in [0.2, 0.25) is 0 Å². The minimum atomic E-state index is 0.448. The van der Waals surface area contributed by atoms with E-state index < -0.39 is 0 Å². The predicted octanol–water partition coefficient (Wildman–Crippen LogP) is 3.25. The number of ether oxygens (including phenoxy) is 1. The van der Waals surface area contributed by atoms with Crippen LogP contribution in [0.5, 0.6) is 0 Å². The molecule has 2 aliphatic rings. The first kappa shape index (κ1) is 14.0. The van der Waals surface area contributed by atoms with Crippen LogP contribution in [0.4, 0.5) is 0 Å². The van der Waals surface area contributed by atoms with E-state index in [2.05, 4.69) is 16.0 Å². The van der Waals surface area contributed by atoms with E-state index in [1.165, 1.54) is 44.1 Å². The molecule has 0 N–H and O–H groups in total. The van der Waals surface area contributed by atoms with Crippen LogP contribution in [0.2, 0.25) is 0 Å². The van der Waals surface area contributed by atoms with Gasteiger partial charge in [-0.05, 0) is 24.0 Å². The summed E-state index contributed by atoms with van der Waals surface area (Å²) < 4.78 is 5.99. The molecule has 1 aliphatic carbocycles. The molecule has 0 amide bonds. The fourth-order valence-electron chi connectivity index (χ4n) is 3.61. The first-order chi connectivity index (χ1) is 9.90. The van der Waals surface area contributed by atoms with E-state index in [1.54, 1.807) is 0 Å². The molecule has 1 aromatic heterocycles. The normalized spacial score (nSPS) is 25.7. The van der Waals surface area contributed by atoms with Gasteiger partial charge in [-0.2, -0.15) is 0 Å². The lowest BCUT2D eigenvalue weighted by atomic mass is 9.85. The van der Waals surface area contributed by atoms with Gasteiger partial charge in [0.05, 0.1) is 12.7 Å². The van der Waals surface area contributed by atoms with E-state index in [0.29, 0.717) is 6.10 Å². The van der Waals surface area contributed by atoms with Crippen LogP contribution in [0.25, 0.3) is 0 Å². The topological polar surface area (TPSA) is 25.4 Å². The van der Waals surface area contributed by atoms with Crippen molar-refractivity contribution in [2.45, 2.75) is 51.2 Å². The number of morpholine rings is 1. The molecule has 1 saturated carbocycles. The standard InChI is InChI=1S/C17H26N2O/c1-2-5-15(6-3-1)11-17-14-19(9-10-20-17)13-16-7-4-8-18-12-16/h4,7-8,12,15,17H,1-3,5-6,9-11,13-14H2/t17-/m1/s1. The molecule has 1 aromatic rings. The zero-order valence-electron chi connectivity index (χ0n) is 12.3. The Bertz CT molecular complexity index is 389. The Morgan fingerprint density at radius 3 is 2.95 bits per heavy atom. The first-order valence-corrected chi connectivity index (χ1v) is 8.13. The summed E-state index contributed by atoms with van der Waals surface area (Å²) in [5.41, 5.74) is 1.31. The van der Waals surface area contributed by atoms with Gasteiger partial charge < -0.3 is 4.74 Å². The number of nitrogens with zero attached hydrogens (tertiary/aromatic N) is 2. The van der Waals surface area contributed by atoms with Crippen molar-refractivity contribution < 1.29 is 4.74 Å². The number of pyridine rings is 1. The van der Waals surface area contributed by atoms with E-state index in [0.717, 1.165) is 32.2 Å². The van der Waals surface area contributed by atoms with E-state index in [-0.39, 0.29) is 0 Å². The van der Waals surface area contributed by atoms with E-state index in [4.69, 9.17) is 4.74 Å². The number of hydrogen-bond donors (Lipinski definition) is 0. The molecule has 2 heterocycles. The molecular weight excluding hydrogens is 248 g/mol. The third-order valence-electron chi connectivity index (χ3n) is 4.67. The minimum Gasteiger partial charge on any atom is -0.376 e. The van der Waals surface area contributed by atoms with E-state index in [1.807, 2.05) is 18.5 Å². The summed E-state index contributed by atoms with van der Waals surface area (Å²) in [5, 5.41) is 0. The quantitative estimate of drug-likeness (QED) is 0.842. The van der Waals surface area contributed by atoms with Crippen LogP contribution in [-0.2, 0) is 11.3 Å². The van der Waals surface area contributed by atoms with Gasteiger partial charge in [0.15, 0.2) is 0 Å².